The molecule has 0 aliphatic heterocycles. The highest BCUT2D eigenvalue weighted by Crippen LogP contribution is 2.14. The summed E-state index contributed by atoms with van der Waals surface area (Å²) in [6.45, 7) is 3.24. The van der Waals surface area contributed by atoms with E-state index in [4.69, 9.17) is 0 Å². The van der Waals surface area contributed by atoms with Crippen molar-refractivity contribution in [1.29, 1.82) is 0 Å². The number of carbonyl (C=O) groups is 2. The second-order valence-corrected chi connectivity index (χ2v) is 4.42. The van der Waals surface area contributed by atoms with Crippen LogP contribution < -0.4 is 10.6 Å². The molecule has 0 aromatic heterocycles. The largest absolute Gasteiger partial charge is 0.453 e. The first-order chi connectivity index (χ1) is 9.35. The second-order valence-electron chi connectivity index (χ2n) is 4.42. The van der Waals surface area contributed by atoms with Gasteiger partial charge in [0.05, 0.1) is 7.11 Å². The van der Waals surface area contributed by atoms with Crippen molar-refractivity contribution < 1.29 is 28.4 Å². The van der Waals surface area contributed by atoms with Gasteiger partial charge in [-0.15, -0.1) is 0 Å². The molecule has 0 saturated carbocycles. The average Bonchev–Trinajstić information content (AvgIpc) is 2.37. The molecule has 0 heterocycles. The molecule has 0 saturated heterocycles. The highest BCUT2D eigenvalue weighted by molar-refractivity contribution is 5.93. The van der Waals surface area contributed by atoms with Crippen LogP contribution in [0.5, 0.6) is 0 Å². The number of ether oxygens (including phenoxy) is 1. The third-order valence-corrected chi connectivity index (χ3v) is 2.85. The summed E-state index contributed by atoms with van der Waals surface area (Å²) in [7, 11) is 1.15. The molecule has 5 nitrogen and oxygen atoms in total. The van der Waals surface area contributed by atoms with E-state index in [1.807, 2.05) is 5.32 Å². The Bertz CT molecular complexity index is 508. The van der Waals surface area contributed by atoms with Crippen LogP contribution in [0.3, 0.4) is 0 Å². The van der Waals surface area contributed by atoms with E-state index < -0.39 is 35.7 Å². The minimum absolute atomic E-state index is 0.282. The Balaban J connectivity index is 2.67. The van der Waals surface area contributed by atoms with Gasteiger partial charge in [-0.25, -0.2) is 13.6 Å². The normalized spacial score (nSPS) is 13.4. The summed E-state index contributed by atoms with van der Waals surface area (Å²) in [6, 6.07) is 2.24. The van der Waals surface area contributed by atoms with Crippen molar-refractivity contribution in [3.63, 3.8) is 0 Å². The fourth-order valence-electron chi connectivity index (χ4n) is 1.76. The molecule has 1 aromatic carbocycles. The predicted octanol–water partition coefficient (Wildman–Crippen LogP) is 0.860. The van der Waals surface area contributed by atoms with E-state index in [1.165, 1.54) is 6.07 Å². The van der Waals surface area contributed by atoms with E-state index in [9.17, 15) is 18.4 Å². The van der Waals surface area contributed by atoms with Crippen LogP contribution in [0, 0.1) is 11.6 Å². The molecule has 20 heavy (non-hydrogen) atoms. The molecule has 0 spiro atoms. The molecule has 0 fully saturated rings. The van der Waals surface area contributed by atoms with E-state index in [2.05, 4.69) is 4.74 Å². The number of imide groups is 1. The SMILES string of the molecule is COC(=O)NC(=O)[C@H](C)[NH2+][C@H](C)c1ccc(F)cc1F. The predicted molar refractivity (Wildman–Crippen MR) is 66.7 cm³/mol. The maximum atomic E-state index is 13.6. The smallest absolute Gasteiger partial charge is 0.413 e. The van der Waals surface area contributed by atoms with Gasteiger partial charge >= 0.3 is 6.09 Å². The van der Waals surface area contributed by atoms with Gasteiger partial charge in [0.2, 0.25) is 0 Å². The molecule has 0 radical (unpaired) electrons. The molecular formula is C13H17F2N2O3+. The van der Waals surface area contributed by atoms with E-state index in [-0.39, 0.29) is 5.56 Å². The molecule has 110 valence electrons. The van der Waals surface area contributed by atoms with Gasteiger partial charge in [0.1, 0.15) is 17.7 Å². The summed E-state index contributed by atoms with van der Waals surface area (Å²) >= 11 is 0. The molecule has 0 unspecified atom stereocenters. The third-order valence-electron chi connectivity index (χ3n) is 2.85. The zero-order valence-electron chi connectivity index (χ0n) is 11.4. The summed E-state index contributed by atoms with van der Waals surface area (Å²) in [5, 5.41) is 3.59. The van der Waals surface area contributed by atoms with E-state index in [0.717, 1.165) is 19.2 Å². The van der Waals surface area contributed by atoms with Crippen molar-refractivity contribution in [3.05, 3.63) is 35.4 Å². The first-order valence-corrected chi connectivity index (χ1v) is 6.04. The number of quaternary nitrogens is 1. The van der Waals surface area contributed by atoms with Crippen LogP contribution in [0.2, 0.25) is 0 Å². The van der Waals surface area contributed by atoms with Gasteiger partial charge in [-0.1, -0.05) is 0 Å². The first-order valence-electron chi connectivity index (χ1n) is 6.04. The van der Waals surface area contributed by atoms with Gasteiger partial charge in [0.15, 0.2) is 6.04 Å². The van der Waals surface area contributed by atoms with E-state index >= 15 is 0 Å². The molecular weight excluding hydrogens is 270 g/mol. The summed E-state index contributed by atoms with van der Waals surface area (Å²) in [6.07, 6.45) is -0.851. The Morgan fingerprint density at radius 2 is 1.95 bits per heavy atom. The van der Waals surface area contributed by atoms with Gasteiger partial charge in [-0.3, -0.25) is 10.1 Å². The molecule has 7 heteroatoms. The van der Waals surface area contributed by atoms with Crippen molar-refractivity contribution in [1.82, 2.24) is 5.32 Å². The molecule has 3 N–H and O–H groups in total. The fourth-order valence-corrected chi connectivity index (χ4v) is 1.76. The maximum Gasteiger partial charge on any atom is 0.413 e. The highest BCUT2D eigenvalue weighted by atomic mass is 19.1. The number of halogens is 2. The number of methoxy groups -OCH3 is 1. The van der Waals surface area contributed by atoms with E-state index in [0.29, 0.717) is 0 Å². The summed E-state index contributed by atoms with van der Waals surface area (Å²) < 4.78 is 30.7. The lowest BCUT2D eigenvalue weighted by molar-refractivity contribution is -0.710. The molecule has 0 aliphatic carbocycles. The van der Waals surface area contributed by atoms with Crippen LogP contribution >= 0.6 is 0 Å². The standard InChI is InChI=1S/C13H16F2N2O3/c1-7(10-5-4-9(14)6-11(10)15)16-8(2)12(18)17-13(19)20-3/h4-8,16H,1-3H3,(H,17,18,19)/p+1/t7-,8+/m1/s1. The van der Waals surface area contributed by atoms with Gasteiger partial charge in [0, 0.05) is 11.6 Å². The monoisotopic (exact) mass is 287 g/mol. The molecule has 1 aromatic rings. The Labute approximate surface area is 115 Å². The lowest BCUT2D eigenvalue weighted by Gasteiger charge is -2.16. The van der Waals surface area contributed by atoms with Crippen molar-refractivity contribution in [2.24, 2.45) is 0 Å². The van der Waals surface area contributed by atoms with Crippen LogP contribution in [0.15, 0.2) is 18.2 Å². The average molecular weight is 287 g/mol. The number of benzene rings is 1. The van der Waals surface area contributed by atoms with Gasteiger partial charge in [-0.05, 0) is 26.0 Å². The molecule has 1 rings (SSSR count). The van der Waals surface area contributed by atoms with Crippen molar-refractivity contribution >= 4 is 12.0 Å². The van der Waals surface area contributed by atoms with Crippen LogP contribution in [-0.2, 0) is 9.53 Å². The van der Waals surface area contributed by atoms with E-state index in [1.54, 1.807) is 19.2 Å². The van der Waals surface area contributed by atoms with Crippen LogP contribution in [-0.4, -0.2) is 25.2 Å². The number of nitrogens with two attached hydrogens (primary N) is 1. The molecule has 0 bridgehead atoms. The third kappa shape index (κ3) is 4.27. The van der Waals surface area contributed by atoms with Crippen LogP contribution in [0.4, 0.5) is 13.6 Å². The number of hydrogen-bond acceptors (Lipinski definition) is 3. The van der Waals surface area contributed by atoms with Gasteiger partial charge in [0.25, 0.3) is 5.91 Å². The summed E-state index contributed by atoms with van der Waals surface area (Å²) in [4.78, 5) is 22.5. The van der Waals surface area contributed by atoms with Gasteiger partial charge in [-0.2, -0.15) is 0 Å². The number of nitrogens with one attached hydrogen (secondary N) is 1. The minimum Gasteiger partial charge on any atom is -0.453 e. The zero-order chi connectivity index (χ0) is 15.3. The maximum absolute atomic E-state index is 13.6. The molecule has 2 amide bonds. The second kappa shape index (κ2) is 6.95. The van der Waals surface area contributed by atoms with Crippen molar-refractivity contribution in [3.8, 4) is 0 Å². The zero-order valence-corrected chi connectivity index (χ0v) is 11.4. The Hall–Kier alpha value is -2.02. The summed E-state index contributed by atoms with van der Waals surface area (Å²) in [5.41, 5.74) is 0.282. The van der Waals surface area contributed by atoms with Gasteiger partial charge < -0.3 is 10.1 Å². The van der Waals surface area contributed by atoms with Crippen LogP contribution in [0.25, 0.3) is 0 Å². The Morgan fingerprint density at radius 1 is 1.30 bits per heavy atom. The Kier molecular flexibility index (Phi) is 5.57. The lowest BCUT2D eigenvalue weighted by Crippen LogP contribution is -2.92. The Morgan fingerprint density at radius 3 is 2.50 bits per heavy atom. The van der Waals surface area contributed by atoms with Crippen LogP contribution in [0.1, 0.15) is 25.5 Å². The fraction of sp³-hybridized carbons (Fsp3) is 0.385. The lowest BCUT2D eigenvalue weighted by atomic mass is 10.1. The topological polar surface area (TPSA) is 72.0 Å². The summed E-state index contributed by atoms with van der Waals surface area (Å²) in [5.74, 6) is -1.88. The number of alkyl carbamates (subject to hydrolysis) is 1. The number of rotatable bonds is 4. The number of carbonyl (C=O) groups excluding carboxylic acids is 2. The first kappa shape index (κ1) is 16.0. The highest BCUT2D eigenvalue weighted by Gasteiger charge is 2.23. The van der Waals surface area contributed by atoms with Crippen molar-refractivity contribution in [2.75, 3.05) is 7.11 Å². The van der Waals surface area contributed by atoms with Crippen molar-refractivity contribution in [2.45, 2.75) is 25.9 Å². The minimum atomic E-state index is -0.851. The molecule has 0 aliphatic rings. The number of amides is 2. The number of hydrogen-bond donors (Lipinski definition) is 2. The molecule has 2 atom stereocenters. The quantitative estimate of drug-likeness (QED) is 0.862.